The molecule has 0 radical (unpaired) electrons. The predicted molar refractivity (Wildman–Crippen MR) is 86.6 cm³/mol. The highest BCUT2D eigenvalue weighted by Crippen LogP contribution is 2.20. The van der Waals surface area contributed by atoms with Crippen molar-refractivity contribution in [3.05, 3.63) is 66.1 Å². The van der Waals surface area contributed by atoms with Crippen molar-refractivity contribution >= 4 is 21.4 Å². The topological polar surface area (TPSA) is 106 Å². The van der Waals surface area contributed by atoms with Gasteiger partial charge in [-0.05, 0) is 42.5 Å². The maximum atomic E-state index is 12.9. The van der Waals surface area contributed by atoms with Gasteiger partial charge in [0.1, 0.15) is 23.5 Å². The lowest BCUT2D eigenvalue weighted by Gasteiger charge is -2.09. The number of nitrogens with one attached hydrogen (secondary N) is 2. The largest absolute Gasteiger partial charge is 0.360 e. The Bertz CT molecular complexity index is 939. The molecule has 2 aromatic carbocycles. The van der Waals surface area contributed by atoms with Gasteiger partial charge in [-0.1, -0.05) is 6.07 Å². The smallest absolute Gasteiger partial charge is 0.261 e. The Morgan fingerprint density at radius 2 is 1.67 bits per heavy atom. The first-order valence-corrected chi connectivity index (χ1v) is 8.08. The molecule has 2 N–H and O–H groups in total. The summed E-state index contributed by atoms with van der Waals surface area (Å²) < 4.78 is 39.7. The minimum Gasteiger partial charge on any atom is -0.360 e. The number of halogens is 1. The molecule has 0 saturated carbocycles. The van der Waals surface area contributed by atoms with Crippen LogP contribution in [0.4, 0.5) is 15.8 Å². The van der Waals surface area contributed by atoms with E-state index in [0.29, 0.717) is 5.69 Å². The summed E-state index contributed by atoms with van der Waals surface area (Å²) in [6, 6.07) is 14.1. The van der Waals surface area contributed by atoms with E-state index in [1.165, 1.54) is 18.3 Å². The van der Waals surface area contributed by atoms with E-state index < -0.39 is 15.8 Å². The van der Waals surface area contributed by atoms with Crippen LogP contribution >= 0.6 is 0 Å². The van der Waals surface area contributed by atoms with Crippen LogP contribution in [-0.2, 0) is 10.0 Å². The SMILES string of the molecule is N#CC(C#N)=CNc1cccc(NS(=O)(=O)c2ccc(F)cc2)c1. The lowest BCUT2D eigenvalue weighted by atomic mass is 10.3. The summed E-state index contributed by atoms with van der Waals surface area (Å²) in [5, 5.41) is 20.0. The van der Waals surface area contributed by atoms with Gasteiger partial charge in [-0.2, -0.15) is 10.5 Å². The molecular weight excluding hydrogens is 331 g/mol. The third-order valence-corrected chi connectivity index (χ3v) is 4.26. The van der Waals surface area contributed by atoms with Crippen molar-refractivity contribution in [3.63, 3.8) is 0 Å². The molecule has 8 heteroatoms. The summed E-state index contributed by atoms with van der Waals surface area (Å²) in [5.41, 5.74) is 0.637. The molecule has 120 valence electrons. The summed E-state index contributed by atoms with van der Waals surface area (Å²) in [6.45, 7) is 0. The average Bonchev–Trinajstić information content (AvgIpc) is 2.56. The van der Waals surface area contributed by atoms with Gasteiger partial charge in [0.15, 0.2) is 0 Å². The van der Waals surface area contributed by atoms with Crippen LogP contribution in [-0.4, -0.2) is 8.42 Å². The summed E-state index contributed by atoms with van der Waals surface area (Å²) in [5.74, 6) is -0.530. The molecule has 6 nitrogen and oxygen atoms in total. The molecule has 0 amide bonds. The maximum absolute atomic E-state index is 12.9. The van der Waals surface area contributed by atoms with E-state index in [-0.39, 0.29) is 16.2 Å². The van der Waals surface area contributed by atoms with Gasteiger partial charge in [-0.25, -0.2) is 12.8 Å². The van der Waals surface area contributed by atoms with E-state index in [2.05, 4.69) is 10.0 Å². The zero-order valence-electron chi connectivity index (χ0n) is 12.2. The Hall–Kier alpha value is -3.36. The van der Waals surface area contributed by atoms with Gasteiger partial charge in [0.25, 0.3) is 10.0 Å². The van der Waals surface area contributed by atoms with E-state index in [0.717, 1.165) is 24.3 Å². The number of nitrogens with zero attached hydrogens (tertiary/aromatic N) is 2. The van der Waals surface area contributed by atoms with Crippen LogP contribution in [0.5, 0.6) is 0 Å². The average molecular weight is 342 g/mol. The molecule has 0 aromatic heterocycles. The zero-order valence-corrected chi connectivity index (χ0v) is 13.0. The van der Waals surface area contributed by atoms with E-state index >= 15 is 0 Å². The van der Waals surface area contributed by atoms with Gasteiger partial charge in [0, 0.05) is 11.9 Å². The molecule has 0 unspecified atom stereocenters. The maximum Gasteiger partial charge on any atom is 0.261 e. The highest BCUT2D eigenvalue weighted by atomic mass is 32.2. The van der Waals surface area contributed by atoms with Crippen molar-refractivity contribution in [2.24, 2.45) is 0 Å². The van der Waals surface area contributed by atoms with Gasteiger partial charge in [0.05, 0.1) is 10.6 Å². The van der Waals surface area contributed by atoms with Crippen molar-refractivity contribution in [1.82, 2.24) is 0 Å². The summed E-state index contributed by atoms with van der Waals surface area (Å²) >= 11 is 0. The lowest BCUT2D eigenvalue weighted by molar-refractivity contribution is 0.599. The molecule has 2 rings (SSSR count). The first-order valence-electron chi connectivity index (χ1n) is 6.60. The Morgan fingerprint density at radius 3 is 2.29 bits per heavy atom. The van der Waals surface area contributed by atoms with Crippen molar-refractivity contribution in [3.8, 4) is 12.1 Å². The monoisotopic (exact) mass is 342 g/mol. The fourth-order valence-corrected chi connectivity index (χ4v) is 2.79. The molecule has 0 aliphatic carbocycles. The lowest BCUT2D eigenvalue weighted by Crippen LogP contribution is -2.13. The molecule has 0 heterocycles. The van der Waals surface area contributed by atoms with Crippen LogP contribution in [0.25, 0.3) is 0 Å². The van der Waals surface area contributed by atoms with Crippen LogP contribution in [0.3, 0.4) is 0 Å². The van der Waals surface area contributed by atoms with E-state index in [1.807, 2.05) is 0 Å². The molecule has 0 saturated heterocycles. The molecule has 2 aromatic rings. The second-order valence-electron chi connectivity index (χ2n) is 4.57. The summed E-state index contributed by atoms with van der Waals surface area (Å²) in [4.78, 5) is -0.0709. The van der Waals surface area contributed by atoms with Gasteiger partial charge in [-0.3, -0.25) is 4.72 Å². The van der Waals surface area contributed by atoms with Crippen molar-refractivity contribution in [2.45, 2.75) is 4.90 Å². The van der Waals surface area contributed by atoms with Crippen molar-refractivity contribution in [2.75, 3.05) is 10.0 Å². The molecule has 0 fully saturated rings. The fraction of sp³-hybridized carbons (Fsp3) is 0. The van der Waals surface area contributed by atoms with Crippen molar-refractivity contribution in [1.29, 1.82) is 10.5 Å². The number of hydrogen-bond acceptors (Lipinski definition) is 5. The van der Waals surface area contributed by atoms with Crippen molar-refractivity contribution < 1.29 is 12.8 Å². The number of allylic oxidation sites excluding steroid dienone is 1. The van der Waals surface area contributed by atoms with E-state index in [9.17, 15) is 12.8 Å². The Morgan fingerprint density at radius 1 is 1.04 bits per heavy atom. The minimum absolute atomic E-state index is 0.0709. The van der Waals surface area contributed by atoms with Crippen LogP contribution in [0.15, 0.2) is 65.2 Å². The van der Waals surface area contributed by atoms with Crippen LogP contribution in [0, 0.1) is 28.5 Å². The normalized spacial score (nSPS) is 10.1. The standard InChI is InChI=1S/C16H11FN4O2S/c17-13-4-6-16(7-5-13)24(22,23)21-15-3-1-2-14(8-15)20-11-12(9-18)10-19/h1-8,11,20-21H. The van der Waals surface area contributed by atoms with Gasteiger partial charge in [-0.15, -0.1) is 0 Å². The minimum atomic E-state index is -3.85. The Labute approximate surface area is 138 Å². The molecule has 0 bridgehead atoms. The van der Waals surface area contributed by atoms with Gasteiger partial charge >= 0.3 is 0 Å². The number of hydrogen-bond donors (Lipinski definition) is 2. The summed E-state index contributed by atoms with van der Waals surface area (Å²) in [6.07, 6.45) is 1.22. The van der Waals surface area contributed by atoms with Gasteiger partial charge in [0.2, 0.25) is 0 Å². The number of sulfonamides is 1. The third kappa shape index (κ3) is 4.32. The quantitative estimate of drug-likeness (QED) is 0.813. The van der Waals surface area contributed by atoms with E-state index in [4.69, 9.17) is 10.5 Å². The van der Waals surface area contributed by atoms with Crippen LogP contribution in [0.1, 0.15) is 0 Å². The number of nitriles is 2. The number of rotatable bonds is 5. The zero-order chi connectivity index (χ0) is 17.6. The Kier molecular flexibility index (Phi) is 5.15. The Balaban J connectivity index is 2.20. The fourth-order valence-electron chi connectivity index (χ4n) is 1.75. The van der Waals surface area contributed by atoms with Gasteiger partial charge < -0.3 is 5.32 Å². The second kappa shape index (κ2) is 7.27. The van der Waals surface area contributed by atoms with E-state index in [1.54, 1.807) is 24.3 Å². The molecule has 0 aliphatic rings. The summed E-state index contributed by atoms with van der Waals surface area (Å²) in [7, 11) is -3.85. The molecule has 24 heavy (non-hydrogen) atoms. The first-order chi connectivity index (χ1) is 11.4. The second-order valence-corrected chi connectivity index (χ2v) is 6.25. The highest BCUT2D eigenvalue weighted by molar-refractivity contribution is 7.92. The molecule has 0 spiro atoms. The van der Waals surface area contributed by atoms with Crippen LogP contribution < -0.4 is 10.0 Å². The first kappa shape index (κ1) is 17.0. The molecule has 0 atom stereocenters. The highest BCUT2D eigenvalue weighted by Gasteiger charge is 2.14. The number of benzene rings is 2. The van der Waals surface area contributed by atoms with Crippen LogP contribution in [0.2, 0.25) is 0 Å². The third-order valence-electron chi connectivity index (χ3n) is 2.86. The molecule has 0 aliphatic heterocycles. The number of anilines is 2. The predicted octanol–water partition coefficient (Wildman–Crippen LogP) is 2.97. The molecular formula is C16H11FN4O2S.